The molecule has 0 unspecified atom stereocenters. The molecule has 1 saturated carbocycles. The minimum Gasteiger partial charge on any atom is -0.376 e. The first-order valence-electron chi connectivity index (χ1n) is 8.67. The van der Waals surface area contributed by atoms with E-state index in [1.165, 1.54) is 19.3 Å². The molecule has 3 N–H and O–H groups in total. The topological polar surface area (TPSA) is 104 Å². The summed E-state index contributed by atoms with van der Waals surface area (Å²) in [5.74, 6) is 0.463. The summed E-state index contributed by atoms with van der Waals surface area (Å²) in [5, 5.41) is 2.81. The molecule has 1 aliphatic rings. The van der Waals surface area contributed by atoms with Crippen molar-refractivity contribution in [1.82, 2.24) is 15.3 Å². The van der Waals surface area contributed by atoms with Gasteiger partial charge >= 0.3 is 5.69 Å². The van der Waals surface area contributed by atoms with Gasteiger partial charge in [0.15, 0.2) is 0 Å². The SMILES string of the molecule is Cc1[nH]c(=O)[nH]c(=O)c1CCC(=O)NCCO[C@@H]1CCCC[C@H]1C. The van der Waals surface area contributed by atoms with Gasteiger partial charge in [-0.2, -0.15) is 0 Å². The molecule has 1 aromatic rings. The molecule has 7 heteroatoms. The van der Waals surface area contributed by atoms with Crippen LogP contribution in [-0.4, -0.2) is 35.1 Å². The highest BCUT2D eigenvalue weighted by molar-refractivity contribution is 5.76. The summed E-state index contributed by atoms with van der Waals surface area (Å²) < 4.78 is 5.85. The molecule has 7 nitrogen and oxygen atoms in total. The van der Waals surface area contributed by atoms with Gasteiger partial charge in [-0.15, -0.1) is 0 Å². The van der Waals surface area contributed by atoms with Gasteiger partial charge < -0.3 is 15.0 Å². The maximum Gasteiger partial charge on any atom is 0.325 e. The molecule has 2 rings (SSSR count). The number of ether oxygens (including phenoxy) is 1. The van der Waals surface area contributed by atoms with E-state index in [1.807, 2.05) is 0 Å². The van der Waals surface area contributed by atoms with Crippen LogP contribution >= 0.6 is 0 Å². The fraction of sp³-hybridized carbons (Fsp3) is 0.706. The first-order valence-corrected chi connectivity index (χ1v) is 8.67. The molecule has 0 aliphatic heterocycles. The Morgan fingerprint density at radius 2 is 2.00 bits per heavy atom. The minimum atomic E-state index is -0.528. The van der Waals surface area contributed by atoms with Crippen LogP contribution in [-0.2, 0) is 16.0 Å². The lowest BCUT2D eigenvalue weighted by atomic mass is 9.88. The summed E-state index contributed by atoms with van der Waals surface area (Å²) in [7, 11) is 0. The smallest absolute Gasteiger partial charge is 0.325 e. The van der Waals surface area contributed by atoms with Gasteiger partial charge in [0, 0.05) is 24.2 Å². The second kappa shape index (κ2) is 8.82. The van der Waals surface area contributed by atoms with Crippen molar-refractivity contribution in [1.29, 1.82) is 0 Å². The number of H-pyrrole nitrogens is 2. The van der Waals surface area contributed by atoms with Crippen LogP contribution in [0.25, 0.3) is 0 Å². The van der Waals surface area contributed by atoms with Crippen LogP contribution in [0.2, 0.25) is 0 Å². The second-order valence-electron chi connectivity index (χ2n) is 6.53. The molecule has 0 saturated heterocycles. The standard InChI is InChI=1S/C17H27N3O4/c1-11-5-3-4-6-14(11)24-10-9-18-15(21)8-7-13-12(2)19-17(23)20-16(13)22/h11,14H,3-10H2,1-2H3,(H,18,21)(H2,19,20,22,23)/t11-,14-/m1/s1. The van der Waals surface area contributed by atoms with Gasteiger partial charge in [0.1, 0.15) is 0 Å². The molecule has 1 aromatic heterocycles. The van der Waals surface area contributed by atoms with Crippen LogP contribution in [0.3, 0.4) is 0 Å². The first-order chi connectivity index (χ1) is 11.5. The molecule has 0 radical (unpaired) electrons. The highest BCUT2D eigenvalue weighted by Crippen LogP contribution is 2.25. The third kappa shape index (κ3) is 5.33. The Balaban J connectivity index is 1.69. The number of amides is 1. The molecule has 24 heavy (non-hydrogen) atoms. The van der Waals surface area contributed by atoms with E-state index < -0.39 is 11.2 Å². The lowest BCUT2D eigenvalue weighted by Crippen LogP contribution is -2.32. The zero-order valence-electron chi connectivity index (χ0n) is 14.4. The van der Waals surface area contributed by atoms with E-state index in [9.17, 15) is 14.4 Å². The van der Waals surface area contributed by atoms with E-state index in [0.29, 0.717) is 42.9 Å². The van der Waals surface area contributed by atoms with E-state index in [-0.39, 0.29) is 12.3 Å². The zero-order valence-corrected chi connectivity index (χ0v) is 14.4. The summed E-state index contributed by atoms with van der Waals surface area (Å²) in [6, 6.07) is 0. The Morgan fingerprint density at radius 1 is 1.25 bits per heavy atom. The number of nitrogens with one attached hydrogen (secondary N) is 3. The maximum absolute atomic E-state index is 11.9. The molecule has 1 heterocycles. The predicted octanol–water partition coefficient (Wildman–Crippen LogP) is 1.02. The van der Waals surface area contributed by atoms with Gasteiger partial charge in [0.05, 0.1) is 12.7 Å². The van der Waals surface area contributed by atoms with Gasteiger partial charge in [-0.1, -0.05) is 19.8 Å². The van der Waals surface area contributed by atoms with E-state index in [0.717, 1.165) is 6.42 Å². The van der Waals surface area contributed by atoms with Crippen LogP contribution in [0.15, 0.2) is 9.59 Å². The van der Waals surface area contributed by atoms with Crippen LogP contribution in [0, 0.1) is 12.8 Å². The summed E-state index contributed by atoms with van der Waals surface area (Å²) in [6.07, 6.45) is 5.61. The molecule has 134 valence electrons. The Kier molecular flexibility index (Phi) is 6.78. The maximum atomic E-state index is 11.9. The number of aryl methyl sites for hydroxylation is 1. The Hall–Kier alpha value is -1.89. The number of hydrogen-bond acceptors (Lipinski definition) is 4. The normalized spacial score (nSPS) is 20.8. The molecule has 0 spiro atoms. The van der Waals surface area contributed by atoms with E-state index >= 15 is 0 Å². The van der Waals surface area contributed by atoms with Gasteiger partial charge in [-0.05, 0) is 32.1 Å². The highest BCUT2D eigenvalue weighted by Gasteiger charge is 2.21. The van der Waals surface area contributed by atoms with E-state index in [4.69, 9.17) is 4.74 Å². The molecule has 2 atom stereocenters. The monoisotopic (exact) mass is 337 g/mol. The minimum absolute atomic E-state index is 0.125. The number of carbonyl (C=O) groups excluding carboxylic acids is 1. The number of aromatic amines is 2. The number of carbonyl (C=O) groups is 1. The second-order valence-corrected chi connectivity index (χ2v) is 6.53. The molecule has 1 amide bonds. The van der Waals surface area contributed by atoms with Gasteiger partial charge in [-0.3, -0.25) is 14.6 Å². The van der Waals surface area contributed by atoms with Crippen molar-refractivity contribution in [3.8, 4) is 0 Å². The van der Waals surface area contributed by atoms with Gasteiger partial charge in [-0.25, -0.2) is 4.79 Å². The summed E-state index contributed by atoms with van der Waals surface area (Å²) >= 11 is 0. The number of rotatable bonds is 7. The Bertz CT molecular complexity index is 665. The van der Waals surface area contributed by atoms with Gasteiger partial charge in [0.2, 0.25) is 5.91 Å². The van der Waals surface area contributed by atoms with E-state index in [1.54, 1.807) is 6.92 Å². The van der Waals surface area contributed by atoms with Crippen molar-refractivity contribution in [2.24, 2.45) is 5.92 Å². The van der Waals surface area contributed by atoms with Crippen molar-refractivity contribution >= 4 is 5.91 Å². The lowest BCUT2D eigenvalue weighted by molar-refractivity contribution is -0.121. The third-order valence-electron chi connectivity index (χ3n) is 4.65. The fourth-order valence-electron chi connectivity index (χ4n) is 3.18. The van der Waals surface area contributed by atoms with Gasteiger partial charge in [0.25, 0.3) is 5.56 Å². The van der Waals surface area contributed by atoms with Crippen molar-refractivity contribution in [3.63, 3.8) is 0 Å². The largest absolute Gasteiger partial charge is 0.376 e. The van der Waals surface area contributed by atoms with Crippen LogP contribution in [0.4, 0.5) is 0 Å². The molecular formula is C17H27N3O4. The highest BCUT2D eigenvalue weighted by atomic mass is 16.5. The molecule has 0 aromatic carbocycles. The van der Waals surface area contributed by atoms with Crippen LogP contribution < -0.4 is 16.6 Å². The van der Waals surface area contributed by atoms with Crippen molar-refractivity contribution in [3.05, 3.63) is 32.1 Å². The van der Waals surface area contributed by atoms with Crippen molar-refractivity contribution in [2.45, 2.75) is 58.5 Å². The molecular weight excluding hydrogens is 310 g/mol. The lowest BCUT2D eigenvalue weighted by Gasteiger charge is -2.28. The average molecular weight is 337 g/mol. The fourth-order valence-corrected chi connectivity index (χ4v) is 3.18. The molecule has 0 bridgehead atoms. The summed E-state index contributed by atoms with van der Waals surface area (Å²) in [5.41, 5.74) is -0.0124. The third-order valence-corrected chi connectivity index (χ3v) is 4.65. The average Bonchev–Trinajstić information content (AvgIpc) is 2.52. The quantitative estimate of drug-likeness (QED) is 0.646. The Labute approximate surface area is 141 Å². The number of aromatic nitrogens is 2. The van der Waals surface area contributed by atoms with Crippen molar-refractivity contribution < 1.29 is 9.53 Å². The summed E-state index contributed by atoms with van der Waals surface area (Å²) in [4.78, 5) is 39.4. The van der Waals surface area contributed by atoms with Crippen LogP contribution in [0.1, 0.15) is 50.3 Å². The predicted molar refractivity (Wildman–Crippen MR) is 91.1 cm³/mol. The Morgan fingerprint density at radius 3 is 2.71 bits per heavy atom. The zero-order chi connectivity index (χ0) is 17.5. The van der Waals surface area contributed by atoms with Crippen LogP contribution in [0.5, 0.6) is 0 Å². The van der Waals surface area contributed by atoms with E-state index in [2.05, 4.69) is 22.2 Å². The summed E-state index contributed by atoms with van der Waals surface area (Å²) in [6.45, 7) is 4.86. The van der Waals surface area contributed by atoms with Crippen molar-refractivity contribution in [2.75, 3.05) is 13.2 Å². The number of hydrogen-bond donors (Lipinski definition) is 3. The molecule has 1 fully saturated rings. The molecule has 1 aliphatic carbocycles. The first kappa shape index (κ1) is 18.4.